The highest BCUT2D eigenvalue weighted by molar-refractivity contribution is 6.36. The molecule has 1 unspecified atom stereocenters. The minimum Gasteiger partial charge on any atom is -1.00 e. The van der Waals surface area contributed by atoms with Gasteiger partial charge in [-0.2, -0.15) is 0 Å². The zero-order valence-corrected chi connectivity index (χ0v) is 17.4. The third-order valence-electron chi connectivity index (χ3n) is 4.57. The lowest BCUT2D eigenvalue weighted by molar-refractivity contribution is -0.862. The van der Waals surface area contributed by atoms with Crippen molar-refractivity contribution in [3.05, 3.63) is 70.2 Å². The monoisotopic (exact) mass is 421 g/mol. The maximum atomic E-state index is 13.3. The Morgan fingerprint density at radius 1 is 1.00 bits per heavy atom. The van der Waals surface area contributed by atoms with Crippen molar-refractivity contribution in [3.8, 4) is 0 Å². The van der Waals surface area contributed by atoms with Crippen molar-refractivity contribution in [2.75, 3.05) is 34.3 Å². The summed E-state index contributed by atoms with van der Waals surface area (Å²) in [5.41, 5.74) is -0.505. The van der Waals surface area contributed by atoms with Gasteiger partial charge >= 0.3 is 5.97 Å². The first-order chi connectivity index (χ1) is 12.6. The lowest BCUT2D eigenvalue weighted by Gasteiger charge is -2.27. The molecular weight excluding hydrogens is 401 g/mol. The van der Waals surface area contributed by atoms with E-state index in [1.807, 2.05) is 21.1 Å². The molecule has 2 aromatic carbocycles. The highest BCUT2D eigenvalue weighted by Crippen LogP contribution is 2.41. The number of nitrogens with zero attached hydrogens (tertiary/aromatic N) is 1. The third-order valence-corrected chi connectivity index (χ3v) is 4.80. The molecule has 1 aliphatic carbocycles. The molecule has 1 aliphatic rings. The zero-order valence-electron chi connectivity index (χ0n) is 15.9. The van der Waals surface area contributed by atoms with Gasteiger partial charge in [0.2, 0.25) is 0 Å². The van der Waals surface area contributed by atoms with Crippen molar-refractivity contribution in [2.45, 2.75) is 5.41 Å². The number of quaternary nitrogens is 1. The molecule has 1 atom stereocenters. The number of Topliss-reactive ketones (excluding diaryl/α,β-unsaturated/α-hetero) is 2. The van der Waals surface area contributed by atoms with Crippen LogP contribution < -0.4 is 12.4 Å². The Labute approximate surface area is 175 Å². The highest BCUT2D eigenvalue weighted by atomic mass is 35.5. The molecule has 3 rings (SSSR count). The number of carbonyl (C=O) groups excluding carboxylic acids is 3. The van der Waals surface area contributed by atoms with Crippen LogP contribution in [0.1, 0.15) is 26.3 Å². The lowest BCUT2D eigenvalue weighted by Crippen LogP contribution is -3.00. The van der Waals surface area contributed by atoms with Gasteiger partial charge in [0.05, 0.1) is 21.1 Å². The molecule has 0 aromatic heterocycles. The number of ether oxygens (including phenoxy) is 1. The van der Waals surface area contributed by atoms with Crippen molar-refractivity contribution in [3.63, 3.8) is 0 Å². The molecule has 0 saturated carbocycles. The maximum Gasteiger partial charge on any atom is 0.361 e. The van der Waals surface area contributed by atoms with Crippen LogP contribution in [0.5, 0.6) is 0 Å². The summed E-state index contributed by atoms with van der Waals surface area (Å²) in [6, 6.07) is 13.3. The van der Waals surface area contributed by atoms with Crippen molar-refractivity contribution in [1.82, 2.24) is 0 Å². The summed E-state index contributed by atoms with van der Waals surface area (Å²) in [7, 11) is 5.58. The molecule has 0 amide bonds. The Bertz CT molecular complexity index is 922. The average Bonchev–Trinajstić information content (AvgIpc) is 2.81. The maximum absolute atomic E-state index is 13.3. The first kappa shape index (κ1) is 22.1. The predicted octanol–water partition coefficient (Wildman–Crippen LogP) is -0.0896. The summed E-state index contributed by atoms with van der Waals surface area (Å²) in [4.78, 5) is 38.8. The van der Waals surface area contributed by atoms with Crippen LogP contribution in [0, 0.1) is 0 Å². The van der Waals surface area contributed by atoms with E-state index in [-0.39, 0.29) is 36.9 Å². The number of hydrogen-bond donors (Lipinski definition) is 0. The predicted molar refractivity (Wildman–Crippen MR) is 102 cm³/mol. The van der Waals surface area contributed by atoms with E-state index in [2.05, 4.69) is 0 Å². The summed E-state index contributed by atoms with van der Waals surface area (Å²) >= 11 is 6.02. The summed E-state index contributed by atoms with van der Waals surface area (Å²) in [6.45, 7) is -0.203. The van der Waals surface area contributed by atoms with Gasteiger partial charge in [-0.3, -0.25) is 9.59 Å². The normalized spacial score (nSPS) is 18.4. The van der Waals surface area contributed by atoms with Crippen LogP contribution in [-0.4, -0.2) is 56.3 Å². The van der Waals surface area contributed by atoms with Crippen molar-refractivity contribution < 1.29 is 36.0 Å². The van der Waals surface area contributed by atoms with Crippen LogP contribution in [0.15, 0.2) is 48.5 Å². The van der Waals surface area contributed by atoms with E-state index in [1.54, 1.807) is 42.5 Å². The van der Waals surface area contributed by atoms with Gasteiger partial charge in [-0.15, -0.1) is 0 Å². The molecule has 148 valence electrons. The van der Waals surface area contributed by atoms with Gasteiger partial charge in [0.25, 0.3) is 0 Å². The van der Waals surface area contributed by atoms with E-state index in [0.717, 1.165) is 0 Å². The number of hydrogen-bond acceptors (Lipinski definition) is 4. The van der Waals surface area contributed by atoms with E-state index >= 15 is 0 Å². The number of benzene rings is 2. The standard InChI is InChI=1S/C21H21ClNO4.ClH/c1-23(2,3)12-18(24)27-13-21(14-7-5-4-6-8-14)19(25)16-10-9-15(22)11-17(16)20(21)26;/h4-11H,12-13H2,1-3H3;1H/q+1;/p-1. The zero-order chi connectivity index (χ0) is 19.8. The summed E-state index contributed by atoms with van der Waals surface area (Å²) < 4.78 is 5.82. The summed E-state index contributed by atoms with van der Waals surface area (Å²) in [5.74, 6) is -1.23. The second-order valence-corrected chi connectivity index (χ2v) is 8.17. The van der Waals surface area contributed by atoms with E-state index in [9.17, 15) is 14.4 Å². The smallest absolute Gasteiger partial charge is 0.361 e. The first-order valence-electron chi connectivity index (χ1n) is 8.56. The molecular formula is C21H21Cl2NO4. The van der Waals surface area contributed by atoms with Gasteiger partial charge in [0, 0.05) is 16.1 Å². The minimum absolute atomic E-state index is 0. The Morgan fingerprint density at radius 2 is 1.61 bits per heavy atom. The van der Waals surface area contributed by atoms with Crippen LogP contribution in [-0.2, 0) is 14.9 Å². The molecule has 0 N–H and O–H groups in total. The number of ketones is 2. The number of likely N-dealkylation sites (N-methyl/N-ethyl adjacent to an activating group) is 1. The van der Waals surface area contributed by atoms with Gasteiger partial charge in [-0.25, -0.2) is 4.79 Å². The molecule has 7 heteroatoms. The molecule has 28 heavy (non-hydrogen) atoms. The summed E-state index contributed by atoms with van der Waals surface area (Å²) in [6.07, 6.45) is 0. The Morgan fingerprint density at radius 3 is 2.21 bits per heavy atom. The largest absolute Gasteiger partial charge is 1.00 e. The molecule has 0 spiro atoms. The van der Waals surface area contributed by atoms with Crippen LogP contribution in [0.4, 0.5) is 0 Å². The molecule has 2 aromatic rings. The van der Waals surface area contributed by atoms with E-state index in [1.165, 1.54) is 6.07 Å². The number of carbonyl (C=O) groups is 3. The van der Waals surface area contributed by atoms with Gasteiger partial charge < -0.3 is 21.6 Å². The fourth-order valence-electron chi connectivity index (χ4n) is 3.29. The number of fused-ring (bicyclic) bond motifs is 1. The topological polar surface area (TPSA) is 60.4 Å². The number of esters is 1. The molecule has 0 heterocycles. The number of rotatable bonds is 5. The lowest BCUT2D eigenvalue weighted by atomic mass is 9.76. The van der Waals surface area contributed by atoms with Gasteiger partial charge in [-0.1, -0.05) is 41.9 Å². The molecule has 5 nitrogen and oxygen atoms in total. The van der Waals surface area contributed by atoms with E-state index < -0.39 is 17.2 Å². The molecule has 0 saturated heterocycles. The Kier molecular flexibility index (Phi) is 6.34. The quantitative estimate of drug-likeness (QED) is 0.384. The van der Waals surface area contributed by atoms with Gasteiger partial charge in [0.15, 0.2) is 23.5 Å². The fourth-order valence-corrected chi connectivity index (χ4v) is 3.46. The molecule has 0 aliphatic heterocycles. The van der Waals surface area contributed by atoms with Crippen molar-refractivity contribution in [1.29, 1.82) is 0 Å². The fraction of sp³-hybridized carbons (Fsp3) is 0.286. The Hall–Kier alpha value is -2.21. The van der Waals surface area contributed by atoms with Crippen molar-refractivity contribution >= 4 is 29.1 Å². The first-order valence-corrected chi connectivity index (χ1v) is 8.94. The number of halogens is 2. The van der Waals surface area contributed by atoms with E-state index in [4.69, 9.17) is 16.3 Å². The van der Waals surface area contributed by atoms with Gasteiger partial charge in [-0.05, 0) is 23.8 Å². The third kappa shape index (κ3) is 3.97. The Balaban J connectivity index is 0.00000280. The second kappa shape index (κ2) is 8.03. The second-order valence-electron chi connectivity index (χ2n) is 7.73. The van der Waals surface area contributed by atoms with Crippen LogP contribution in [0.3, 0.4) is 0 Å². The molecule has 0 radical (unpaired) electrons. The van der Waals surface area contributed by atoms with Crippen LogP contribution >= 0.6 is 11.6 Å². The average molecular weight is 422 g/mol. The van der Waals surface area contributed by atoms with Gasteiger partial charge in [0.1, 0.15) is 6.61 Å². The minimum atomic E-state index is -1.57. The van der Waals surface area contributed by atoms with Crippen molar-refractivity contribution in [2.24, 2.45) is 0 Å². The SMILES string of the molecule is C[N+](C)(C)CC(=O)OCC1(c2ccccc2)C(=O)c2ccc(Cl)cc2C1=O.[Cl-]. The van der Waals surface area contributed by atoms with Crippen LogP contribution in [0.2, 0.25) is 5.02 Å². The molecule has 0 fully saturated rings. The molecule has 0 bridgehead atoms. The van der Waals surface area contributed by atoms with Crippen LogP contribution in [0.25, 0.3) is 0 Å². The highest BCUT2D eigenvalue weighted by Gasteiger charge is 2.55. The van der Waals surface area contributed by atoms with E-state index in [0.29, 0.717) is 20.6 Å². The summed E-state index contributed by atoms with van der Waals surface area (Å²) in [5, 5.41) is 0.376.